The number of benzene rings is 2. The van der Waals surface area contributed by atoms with Gasteiger partial charge in [-0.05, 0) is 128 Å². The Morgan fingerprint density at radius 2 is 1.15 bits per heavy atom. The van der Waals surface area contributed by atoms with Crippen molar-refractivity contribution in [3.8, 4) is 11.5 Å². The lowest BCUT2D eigenvalue weighted by molar-refractivity contribution is 0.0187. The number of carbonyl (C=O) groups is 1. The maximum atomic E-state index is 12.6. The molecule has 0 saturated carbocycles. The van der Waals surface area contributed by atoms with Crippen molar-refractivity contribution in [1.82, 2.24) is 20.2 Å². The van der Waals surface area contributed by atoms with Crippen LogP contribution < -0.4 is 24.6 Å². The summed E-state index contributed by atoms with van der Waals surface area (Å²) in [4.78, 5) is 28.0. The van der Waals surface area contributed by atoms with Crippen LogP contribution in [0.15, 0.2) is 85.5 Å². The predicted molar refractivity (Wildman–Crippen MR) is 267 cm³/mol. The molecule has 0 unspecified atom stereocenters. The number of nitrogens with zero attached hydrogens (tertiary/aromatic N) is 5. The van der Waals surface area contributed by atoms with Crippen LogP contribution in [0.4, 0.5) is 16.2 Å². The first-order chi connectivity index (χ1) is 32.5. The zero-order valence-electron chi connectivity index (χ0n) is 41.1. The van der Waals surface area contributed by atoms with Gasteiger partial charge in [0, 0.05) is 64.1 Å². The molecule has 4 saturated heterocycles. The Bertz CT molecular complexity index is 2060. The average molecular weight is 919 g/mol. The number of nitrogens with one attached hydrogen (secondary N) is 1. The molecular formula is C55H78N6O6. The number of anilines is 2. The minimum absolute atomic E-state index is 0.0301. The molecule has 12 nitrogen and oxygen atoms in total. The molecule has 4 aliphatic heterocycles. The fourth-order valence-electron chi connectivity index (χ4n) is 9.38. The van der Waals surface area contributed by atoms with E-state index >= 15 is 0 Å². The van der Waals surface area contributed by atoms with Crippen LogP contribution in [0.2, 0.25) is 0 Å². The Kier molecular flexibility index (Phi) is 19.0. The van der Waals surface area contributed by atoms with E-state index in [9.17, 15) is 4.79 Å². The molecule has 4 aromatic rings. The SMILES string of the molecule is Cc1ccc(COCCC2CCN(c3cncc(OC[C@@H]4CCCN4)c3)CC2)cc1.Cc1ccc(COCCC2CCN(c3cncc(OC[C@@H]4CCCN4C(=O)OC(C)(C)C)c3)CC2)cc1. The van der Waals surface area contributed by atoms with Gasteiger partial charge in [0.05, 0.1) is 55.4 Å². The number of amides is 1. The molecule has 6 heterocycles. The fourth-order valence-corrected chi connectivity index (χ4v) is 9.38. The number of carbonyl (C=O) groups excluding carboxylic acids is 1. The topological polar surface area (TPSA) is 111 Å². The Morgan fingerprint density at radius 1 is 0.642 bits per heavy atom. The third-order valence-electron chi connectivity index (χ3n) is 13.5. The third kappa shape index (κ3) is 16.7. The van der Waals surface area contributed by atoms with E-state index in [1.165, 1.54) is 53.6 Å². The van der Waals surface area contributed by atoms with Crippen LogP contribution in [-0.2, 0) is 27.4 Å². The lowest BCUT2D eigenvalue weighted by Gasteiger charge is -2.33. The summed E-state index contributed by atoms with van der Waals surface area (Å²) in [6.07, 6.45) is 18.6. The van der Waals surface area contributed by atoms with Gasteiger partial charge in [-0.25, -0.2) is 4.79 Å². The van der Waals surface area contributed by atoms with Crippen molar-refractivity contribution >= 4 is 17.5 Å². The number of hydrogen-bond acceptors (Lipinski definition) is 11. The summed E-state index contributed by atoms with van der Waals surface area (Å²) in [5, 5.41) is 3.48. The van der Waals surface area contributed by atoms with E-state index in [2.05, 4.69) is 99.6 Å². The molecule has 12 heteroatoms. The van der Waals surface area contributed by atoms with Gasteiger partial charge in [0.2, 0.25) is 0 Å². The van der Waals surface area contributed by atoms with Crippen molar-refractivity contribution in [2.75, 3.05) is 75.5 Å². The van der Waals surface area contributed by atoms with Crippen LogP contribution in [0.5, 0.6) is 11.5 Å². The number of aromatic nitrogens is 2. The Balaban J connectivity index is 0.000000203. The molecule has 1 N–H and O–H groups in total. The number of ether oxygens (including phenoxy) is 5. The molecule has 2 aromatic heterocycles. The van der Waals surface area contributed by atoms with Crippen LogP contribution in [-0.4, -0.2) is 104 Å². The minimum Gasteiger partial charge on any atom is -0.490 e. The first-order valence-electron chi connectivity index (χ1n) is 25.2. The second-order valence-corrected chi connectivity index (χ2v) is 20.2. The quantitative estimate of drug-likeness (QED) is 0.0964. The van der Waals surface area contributed by atoms with E-state index in [-0.39, 0.29) is 12.1 Å². The number of rotatable bonds is 18. The number of hydrogen-bond donors (Lipinski definition) is 1. The van der Waals surface area contributed by atoms with Crippen LogP contribution in [0.25, 0.3) is 0 Å². The fraction of sp³-hybridized carbons (Fsp3) is 0.582. The van der Waals surface area contributed by atoms with Gasteiger partial charge in [-0.2, -0.15) is 0 Å². The van der Waals surface area contributed by atoms with E-state index in [0.29, 0.717) is 38.3 Å². The second-order valence-electron chi connectivity index (χ2n) is 20.2. The molecule has 0 aliphatic carbocycles. The second kappa shape index (κ2) is 25.5. The summed E-state index contributed by atoms with van der Waals surface area (Å²) in [5.41, 5.74) is 6.85. The molecule has 0 spiro atoms. The van der Waals surface area contributed by atoms with E-state index < -0.39 is 5.60 Å². The van der Waals surface area contributed by atoms with Gasteiger partial charge in [-0.15, -0.1) is 0 Å². The average Bonchev–Trinajstić information content (AvgIpc) is 4.05. The molecule has 0 bridgehead atoms. The van der Waals surface area contributed by atoms with Crippen molar-refractivity contribution in [3.05, 3.63) is 108 Å². The largest absolute Gasteiger partial charge is 0.490 e. The summed E-state index contributed by atoms with van der Waals surface area (Å²) in [6.45, 7) is 20.2. The maximum Gasteiger partial charge on any atom is 0.410 e. The van der Waals surface area contributed by atoms with Gasteiger partial charge in [0.25, 0.3) is 0 Å². The van der Waals surface area contributed by atoms with E-state index in [0.717, 1.165) is 114 Å². The van der Waals surface area contributed by atoms with Crippen molar-refractivity contribution in [3.63, 3.8) is 0 Å². The normalized spacial score (nSPS) is 19.3. The van der Waals surface area contributed by atoms with E-state index in [1.54, 1.807) is 11.1 Å². The van der Waals surface area contributed by atoms with Gasteiger partial charge in [0.1, 0.15) is 30.3 Å². The number of pyridine rings is 2. The van der Waals surface area contributed by atoms with Gasteiger partial charge < -0.3 is 43.7 Å². The highest BCUT2D eigenvalue weighted by Gasteiger charge is 2.33. The van der Waals surface area contributed by atoms with Crippen molar-refractivity contribution < 1.29 is 28.5 Å². The third-order valence-corrected chi connectivity index (χ3v) is 13.5. The Labute approximate surface area is 401 Å². The summed E-state index contributed by atoms with van der Waals surface area (Å²) in [6, 6.07) is 21.9. The first kappa shape index (κ1) is 50.0. The maximum absolute atomic E-state index is 12.6. The standard InChI is InChI=1S/C30H43N3O4.C25H35N3O2/c1-23-7-9-25(10-8-23)21-35-17-13-24-11-15-32(16-12-24)27-18-28(20-31-19-27)36-22-26-6-5-14-33(26)29(34)37-30(2,3)4;1-20-4-6-22(7-5-20)18-29-14-10-21-8-12-28(13-9-21)24-15-25(17-26-16-24)30-19-23-3-2-11-27-23/h7-10,18-20,24,26H,5-6,11-17,21-22H2,1-4H3;4-7,15-17,21,23,27H,2-3,8-14,18-19H2,1H3/t26-;23-/m00/s1. The summed E-state index contributed by atoms with van der Waals surface area (Å²) >= 11 is 0. The molecule has 67 heavy (non-hydrogen) atoms. The van der Waals surface area contributed by atoms with Crippen LogP contribution in [0, 0.1) is 25.7 Å². The van der Waals surface area contributed by atoms with Gasteiger partial charge in [-0.1, -0.05) is 59.7 Å². The molecule has 1 amide bonds. The van der Waals surface area contributed by atoms with Crippen LogP contribution in [0.1, 0.15) is 107 Å². The Morgan fingerprint density at radius 3 is 1.63 bits per heavy atom. The van der Waals surface area contributed by atoms with Gasteiger partial charge >= 0.3 is 6.09 Å². The highest BCUT2D eigenvalue weighted by molar-refractivity contribution is 5.69. The van der Waals surface area contributed by atoms with Crippen LogP contribution >= 0.6 is 0 Å². The predicted octanol–water partition coefficient (Wildman–Crippen LogP) is 10.3. The van der Waals surface area contributed by atoms with Gasteiger partial charge in [0.15, 0.2) is 0 Å². The summed E-state index contributed by atoms with van der Waals surface area (Å²) in [7, 11) is 0. The smallest absolute Gasteiger partial charge is 0.410 e. The molecule has 4 aliphatic rings. The zero-order chi connectivity index (χ0) is 46.9. The monoisotopic (exact) mass is 919 g/mol. The van der Waals surface area contributed by atoms with Crippen molar-refractivity contribution in [2.45, 2.75) is 130 Å². The zero-order valence-corrected chi connectivity index (χ0v) is 41.1. The van der Waals surface area contributed by atoms with E-state index in [1.807, 2.05) is 39.4 Å². The highest BCUT2D eigenvalue weighted by Crippen LogP contribution is 2.30. The summed E-state index contributed by atoms with van der Waals surface area (Å²) < 4.78 is 29.5. The van der Waals surface area contributed by atoms with E-state index in [4.69, 9.17) is 23.7 Å². The molecule has 364 valence electrons. The molecule has 4 fully saturated rings. The number of likely N-dealkylation sites (tertiary alicyclic amines) is 1. The lowest BCUT2D eigenvalue weighted by Crippen LogP contribution is -2.42. The Hall–Kier alpha value is -4.91. The molecule has 8 rings (SSSR count). The van der Waals surface area contributed by atoms with Gasteiger partial charge in [-0.3, -0.25) is 9.97 Å². The number of piperidine rings is 2. The molecular weight excluding hydrogens is 841 g/mol. The van der Waals surface area contributed by atoms with Crippen molar-refractivity contribution in [2.24, 2.45) is 11.8 Å². The van der Waals surface area contributed by atoms with Crippen LogP contribution in [0.3, 0.4) is 0 Å². The number of aryl methyl sites for hydroxylation is 2. The summed E-state index contributed by atoms with van der Waals surface area (Å²) in [5.74, 6) is 3.08. The first-order valence-corrected chi connectivity index (χ1v) is 25.2. The highest BCUT2D eigenvalue weighted by atomic mass is 16.6. The molecule has 2 aromatic carbocycles. The minimum atomic E-state index is -0.495. The van der Waals surface area contributed by atoms with Crippen molar-refractivity contribution in [1.29, 1.82) is 0 Å². The molecule has 2 atom stereocenters. The lowest BCUT2D eigenvalue weighted by atomic mass is 9.94. The molecule has 0 radical (unpaired) electrons.